The predicted octanol–water partition coefficient (Wildman–Crippen LogP) is 2.59. The molecule has 0 aliphatic heterocycles. The average Bonchev–Trinajstić information content (AvgIpc) is 3.05. The van der Waals surface area contributed by atoms with E-state index in [-0.39, 0.29) is 18.4 Å². The summed E-state index contributed by atoms with van der Waals surface area (Å²) in [6.45, 7) is 2.23. The SMILES string of the molecule is Cc1cccc(C(=O)NCc2nnc(SCC(=O)NC3CCCCC3)n2C)c1. The van der Waals surface area contributed by atoms with Gasteiger partial charge in [-0.2, -0.15) is 0 Å². The smallest absolute Gasteiger partial charge is 0.251 e. The van der Waals surface area contributed by atoms with Gasteiger partial charge in [-0.1, -0.05) is 48.7 Å². The summed E-state index contributed by atoms with van der Waals surface area (Å²) in [5.74, 6) is 0.858. The lowest BCUT2D eigenvalue weighted by Gasteiger charge is -2.22. The minimum atomic E-state index is -0.146. The lowest BCUT2D eigenvalue weighted by molar-refractivity contribution is -0.119. The number of hydrogen-bond acceptors (Lipinski definition) is 5. The molecule has 1 aliphatic carbocycles. The molecule has 7 nitrogen and oxygen atoms in total. The summed E-state index contributed by atoms with van der Waals surface area (Å²) in [6.07, 6.45) is 5.80. The van der Waals surface area contributed by atoms with Crippen molar-refractivity contribution in [1.82, 2.24) is 25.4 Å². The van der Waals surface area contributed by atoms with E-state index in [1.54, 1.807) is 6.07 Å². The van der Waals surface area contributed by atoms with Crippen molar-refractivity contribution in [1.29, 1.82) is 0 Å². The highest BCUT2D eigenvalue weighted by Crippen LogP contribution is 2.19. The Morgan fingerprint density at radius 3 is 2.75 bits per heavy atom. The van der Waals surface area contributed by atoms with Crippen molar-refractivity contribution in [3.8, 4) is 0 Å². The van der Waals surface area contributed by atoms with Crippen LogP contribution in [0.3, 0.4) is 0 Å². The number of rotatable bonds is 7. The fourth-order valence-electron chi connectivity index (χ4n) is 3.32. The molecule has 8 heteroatoms. The number of aromatic nitrogens is 3. The molecule has 2 amide bonds. The summed E-state index contributed by atoms with van der Waals surface area (Å²) in [6, 6.07) is 7.75. The van der Waals surface area contributed by atoms with Crippen LogP contribution in [0, 0.1) is 6.92 Å². The van der Waals surface area contributed by atoms with Gasteiger partial charge in [-0.3, -0.25) is 9.59 Å². The van der Waals surface area contributed by atoms with Crippen molar-refractivity contribution in [2.24, 2.45) is 7.05 Å². The zero-order valence-electron chi connectivity index (χ0n) is 16.4. The Kier molecular flexibility index (Phi) is 7.08. The Hall–Kier alpha value is -2.35. The molecular weight excluding hydrogens is 374 g/mol. The van der Waals surface area contributed by atoms with Gasteiger partial charge in [-0.25, -0.2) is 0 Å². The highest BCUT2D eigenvalue weighted by molar-refractivity contribution is 7.99. The molecule has 28 heavy (non-hydrogen) atoms. The fourth-order valence-corrected chi connectivity index (χ4v) is 4.06. The highest BCUT2D eigenvalue weighted by Gasteiger charge is 2.17. The predicted molar refractivity (Wildman–Crippen MR) is 109 cm³/mol. The van der Waals surface area contributed by atoms with E-state index in [0.29, 0.717) is 28.3 Å². The summed E-state index contributed by atoms with van der Waals surface area (Å²) in [7, 11) is 1.84. The first kappa shape index (κ1) is 20.4. The van der Waals surface area contributed by atoms with E-state index in [1.165, 1.54) is 31.0 Å². The molecule has 1 aromatic carbocycles. The first-order valence-electron chi connectivity index (χ1n) is 9.68. The maximum atomic E-state index is 12.3. The number of hydrogen-bond donors (Lipinski definition) is 2. The van der Waals surface area contributed by atoms with Crippen LogP contribution in [0.25, 0.3) is 0 Å². The van der Waals surface area contributed by atoms with E-state index >= 15 is 0 Å². The van der Waals surface area contributed by atoms with Gasteiger partial charge < -0.3 is 15.2 Å². The number of aryl methyl sites for hydroxylation is 1. The number of amides is 2. The van der Waals surface area contributed by atoms with E-state index in [1.807, 2.05) is 36.7 Å². The molecule has 0 bridgehead atoms. The average molecular weight is 402 g/mol. The molecule has 150 valence electrons. The third-order valence-electron chi connectivity index (χ3n) is 4.92. The topological polar surface area (TPSA) is 88.9 Å². The zero-order valence-corrected chi connectivity index (χ0v) is 17.2. The van der Waals surface area contributed by atoms with Gasteiger partial charge in [0.2, 0.25) is 5.91 Å². The number of nitrogens with zero attached hydrogens (tertiary/aromatic N) is 3. The lowest BCUT2D eigenvalue weighted by Crippen LogP contribution is -2.37. The van der Waals surface area contributed by atoms with Gasteiger partial charge in [0.1, 0.15) is 0 Å². The van der Waals surface area contributed by atoms with Gasteiger partial charge in [0.05, 0.1) is 12.3 Å². The largest absolute Gasteiger partial charge is 0.353 e. The molecule has 0 spiro atoms. The normalized spacial score (nSPS) is 14.6. The molecule has 0 unspecified atom stereocenters. The Bertz CT molecular complexity index is 830. The van der Waals surface area contributed by atoms with Crippen molar-refractivity contribution in [3.63, 3.8) is 0 Å². The minimum absolute atomic E-state index is 0.0363. The number of carbonyl (C=O) groups is 2. The van der Waals surface area contributed by atoms with Crippen LogP contribution in [0.1, 0.15) is 53.8 Å². The Balaban J connectivity index is 1.48. The maximum absolute atomic E-state index is 12.3. The molecule has 1 fully saturated rings. The Labute approximate surface area is 169 Å². The van der Waals surface area contributed by atoms with Crippen LogP contribution in [0.2, 0.25) is 0 Å². The van der Waals surface area contributed by atoms with Crippen LogP contribution in [0.15, 0.2) is 29.4 Å². The summed E-state index contributed by atoms with van der Waals surface area (Å²) < 4.78 is 1.81. The van der Waals surface area contributed by atoms with Crippen LogP contribution >= 0.6 is 11.8 Å². The third-order valence-corrected chi connectivity index (χ3v) is 5.94. The van der Waals surface area contributed by atoms with Gasteiger partial charge in [0, 0.05) is 18.7 Å². The van der Waals surface area contributed by atoms with Crippen LogP contribution in [-0.2, 0) is 18.4 Å². The van der Waals surface area contributed by atoms with Crippen molar-refractivity contribution >= 4 is 23.6 Å². The van der Waals surface area contributed by atoms with E-state index in [9.17, 15) is 9.59 Å². The second-order valence-electron chi connectivity index (χ2n) is 7.20. The van der Waals surface area contributed by atoms with Crippen molar-refractivity contribution in [3.05, 3.63) is 41.2 Å². The number of benzene rings is 1. The molecule has 1 heterocycles. The van der Waals surface area contributed by atoms with Crippen LogP contribution in [0.4, 0.5) is 0 Å². The molecule has 1 saturated carbocycles. The van der Waals surface area contributed by atoms with Gasteiger partial charge in [0.25, 0.3) is 5.91 Å². The van der Waals surface area contributed by atoms with E-state index in [0.717, 1.165) is 18.4 Å². The molecule has 0 atom stereocenters. The van der Waals surface area contributed by atoms with Crippen molar-refractivity contribution in [2.45, 2.75) is 56.8 Å². The van der Waals surface area contributed by atoms with Crippen molar-refractivity contribution < 1.29 is 9.59 Å². The van der Waals surface area contributed by atoms with E-state index < -0.39 is 0 Å². The van der Waals surface area contributed by atoms with Gasteiger partial charge in [-0.15, -0.1) is 10.2 Å². The first-order valence-corrected chi connectivity index (χ1v) is 10.7. The standard InChI is InChI=1S/C20H27N5O2S/c1-14-7-6-8-15(11-14)19(27)21-12-17-23-24-20(25(17)2)28-13-18(26)22-16-9-4-3-5-10-16/h6-8,11,16H,3-5,9-10,12-13H2,1-2H3,(H,21,27)(H,22,26). The second-order valence-corrected chi connectivity index (χ2v) is 8.14. The molecular formula is C20H27N5O2S. The number of thioether (sulfide) groups is 1. The molecule has 1 aliphatic rings. The molecule has 2 N–H and O–H groups in total. The third kappa shape index (κ3) is 5.58. The quantitative estimate of drug-likeness (QED) is 0.696. The van der Waals surface area contributed by atoms with Crippen LogP contribution in [-0.4, -0.2) is 38.4 Å². The van der Waals surface area contributed by atoms with Gasteiger partial charge in [-0.05, 0) is 31.9 Å². The maximum Gasteiger partial charge on any atom is 0.251 e. The van der Waals surface area contributed by atoms with Gasteiger partial charge in [0.15, 0.2) is 11.0 Å². The van der Waals surface area contributed by atoms with Gasteiger partial charge >= 0.3 is 0 Å². The summed E-state index contributed by atoms with van der Waals surface area (Å²) in [5, 5.41) is 14.9. The van der Waals surface area contributed by atoms with E-state index in [4.69, 9.17) is 0 Å². The molecule has 2 aromatic rings. The summed E-state index contributed by atoms with van der Waals surface area (Å²) >= 11 is 1.36. The Morgan fingerprint density at radius 2 is 2.00 bits per heavy atom. The minimum Gasteiger partial charge on any atom is -0.353 e. The summed E-state index contributed by atoms with van der Waals surface area (Å²) in [5.41, 5.74) is 1.66. The molecule has 0 radical (unpaired) electrons. The number of nitrogens with one attached hydrogen (secondary N) is 2. The van der Waals surface area contributed by atoms with Crippen molar-refractivity contribution in [2.75, 3.05) is 5.75 Å². The van der Waals surface area contributed by atoms with E-state index in [2.05, 4.69) is 20.8 Å². The fraction of sp³-hybridized carbons (Fsp3) is 0.500. The summed E-state index contributed by atoms with van der Waals surface area (Å²) in [4.78, 5) is 24.4. The zero-order chi connectivity index (χ0) is 19.9. The van der Waals surface area contributed by atoms with Crippen LogP contribution in [0.5, 0.6) is 0 Å². The number of carbonyl (C=O) groups excluding carboxylic acids is 2. The van der Waals surface area contributed by atoms with Crippen LogP contribution < -0.4 is 10.6 Å². The molecule has 3 rings (SSSR count). The Morgan fingerprint density at radius 1 is 1.21 bits per heavy atom. The monoisotopic (exact) mass is 401 g/mol. The molecule has 0 saturated heterocycles. The first-order chi connectivity index (χ1) is 13.5. The lowest BCUT2D eigenvalue weighted by atomic mass is 9.95. The highest BCUT2D eigenvalue weighted by atomic mass is 32.2. The molecule has 1 aromatic heterocycles. The second kappa shape index (κ2) is 9.73.